The molecule has 0 fully saturated rings. The molecular weight excluding hydrogens is 216 g/mol. The molecule has 0 spiro atoms. The Morgan fingerprint density at radius 1 is 1.00 bits per heavy atom. The molecule has 0 aliphatic heterocycles. The van der Waals surface area contributed by atoms with E-state index in [1.54, 1.807) is 0 Å². The van der Waals surface area contributed by atoms with E-state index >= 15 is 0 Å². The molecule has 1 aromatic rings. The summed E-state index contributed by atoms with van der Waals surface area (Å²) in [6.45, 7) is 0. The van der Waals surface area contributed by atoms with Gasteiger partial charge in [0.25, 0.3) is 0 Å². The molecule has 9 heavy (non-hydrogen) atoms. The van der Waals surface area contributed by atoms with Gasteiger partial charge in [-0.15, -0.1) is 0 Å². The average Bonchev–Trinajstić information content (AvgIpc) is 1.90. The van der Waals surface area contributed by atoms with Crippen LogP contribution < -0.4 is 4.40 Å². The molecule has 0 atom stereocenters. The van der Waals surface area contributed by atoms with E-state index in [9.17, 15) is 0 Å². The number of hydrogen-bond acceptors (Lipinski definition) is 0. The van der Waals surface area contributed by atoms with Crippen LogP contribution >= 0.6 is 20.0 Å². The molecular formula is C6H6Cl2Ge. The Morgan fingerprint density at radius 2 is 1.56 bits per heavy atom. The van der Waals surface area contributed by atoms with E-state index in [2.05, 4.69) is 0 Å². The third kappa shape index (κ3) is 2.20. The van der Waals surface area contributed by atoms with E-state index in [0.717, 1.165) is 4.40 Å². The topological polar surface area (TPSA) is 0 Å². The fourth-order valence-corrected chi connectivity index (χ4v) is 3.19. The van der Waals surface area contributed by atoms with E-state index < -0.39 is 12.5 Å². The molecule has 0 N–H and O–H groups in total. The third-order valence-electron chi connectivity index (χ3n) is 1.05. The molecule has 0 saturated heterocycles. The van der Waals surface area contributed by atoms with Gasteiger partial charge in [0.15, 0.2) is 0 Å². The van der Waals surface area contributed by atoms with Crippen LogP contribution in [-0.4, -0.2) is 12.5 Å². The molecule has 1 aromatic carbocycles. The second-order valence-electron chi connectivity index (χ2n) is 1.71. The van der Waals surface area contributed by atoms with Gasteiger partial charge in [-0.25, -0.2) is 0 Å². The van der Waals surface area contributed by atoms with Crippen molar-refractivity contribution in [1.29, 1.82) is 0 Å². The van der Waals surface area contributed by atoms with Crippen molar-refractivity contribution in [2.24, 2.45) is 0 Å². The van der Waals surface area contributed by atoms with Crippen LogP contribution in [0, 0.1) is 0 Å². The van der Waals surface area contributed by atoms with E-state index in [4.69, 9.17) is 20.0 Å². The van der Waals surface area contributed by atoms with Crippen LogP contribution in [0.15, 0.2) is 30.3 Å². The van der Waals surface area contributed by atoms with Crippen LogP contribution in [0.4, 0.5) is 0 Å². The Labute approximate surface area is 67.3 Å². The molecule has 0 aromatic heterocycles. The van der Waals surface area contributed by atoms with Crippen molar-refractivity contribution in [2.45, 2.75) is 0 Å². The molecule has 3 heteroatoms. The first-order chi connectivity index (χ1) is 4.30. The zero-order chi connectivity index (χ0) is 6.69. The first-order valence-corrected chi connectivity index (χ1v) is 10.2. The minimum atomic E-state index is -2.00. The second-order valence-corrected chi connectivity index (χ2v) is 10.1. The molecule has 0 saturated carbocycles. The summed E-state index contributed by atoms with van der Waals surface area (Å²) in [5, 5.41) is 0. The summed E-state index contributed by atoms with van der Waals surface area (Å²) in [6.07, 6.45) is 0. The van der Waals surface area contributed by atoms with Gasteiger partial charge in [-0.1, -0.05) is 0 Å². The van der Waals surface area contributed by atoms with E-state index in [0.29, 0.717) is 0 Å². The van der Waals surface area contributed by atoms with Crippen LogP contribution in [-0.2, 0) is 0 Å². The monoisotopic (exact) mass is 222 g/mol. The van der Waals surface area contributed by atoms with Gasteiger partial charge in [0, 0.05) is 0 Å². The average molecular weight is 222 g/mol. The van der Waals surface area contributed by atoms with Crippen LogP contribution in [0.3, 0.4) is 0 Å². The van der Waals surface area contributed by atoms with Gasteiger partial charge in [0.05, 0.1) is 0 Å². The number of hydrogen-bond donors (Lipinski definition) is 0. The zero-order valence-electron chi connectivity index (χ0n) is 4.72. The summed E-state index contributed by atoms with van der Waals surface area (Å²) < 4.78 is 1.13. The molecule has 0 aliphatic carbocycles. The quantitative estimate of drug-likeness (QED) is 0.632. The van der Waals surface area contributed by atoms with E-state index in [1.165, 1.54) is 0 Å². The second kappa shape index (κ2) is 3.50. The first kappa shape index (κ1) is 7.45. The van der Waals surface area contributed by atoms with Crippen molar-refractivity contribution < 1.29 is 0 Å². The molecule has 0 unspecified atom stereocenters. The summed E-state index contributed by atoms with van der Waals surface area (Å²) in [7, 11) is 11.5. The first-order valence-electron chi connectivity index (χ1n) is 2.64. The van der Waals surface area contributed by atoms with Gasteiger partial charge in [-0.2, -0.15) is 0 Å². The summed E-state index contributed by atoms with van der Waals surface area (Å²) in [4.78, 5) is 0. The summed E-state index contributed by atoms with van der Waals surface area (Å²) in [5.41, 5.74) is 0. The van der Waals surface area contributed by atoms with Gasteiger partial charge in [0.1, 0.15) is 0 Å². The van der Waals surface area contributed by atoms with Crippen molar-refractivity contribution in [3.05, 3.63) is 30.3 Å². The number of halogens is 2. The van der Waals surface area contributed by atoms with E-state index in [1.807, 2.05) is 30.3 Å². The van der Waals surface area contributed by atoms with Crippen LogP contribution in [0.5, 0.6) is 0 Å². The maximum absolute atomic E-state index is 5.76. The Kier molecular flexibility index (Phi) is 2.89. The normalized spacial score (nSPS) is 10.1. The maximum atomic E-state index is 5.76. The molecule has 0 radical (unpaired) electrons. The fourth-order valence-electron chi connectivity index (χ4n) is 0.599. The van der Waals surface area contributed by atoms with Crippen LogP contribution in [0.25, 0.3) is 0 Å². The molecule has 0 aliphatic rings. The van der Waals surface area contributed by atoms with Gasteiger partial charge < -0.3 is 0 Å². The van der Waals surface area contributed by atoms with Gasteiger partial charge in [0.2, 0.25) is 0 Å². The van der Waals surface area contributed by atoms with Crippen molar-refractivity contribution in [1.82, 2.24) is 0 Å². The Bertz CT molecular complexity index is 174. The predicted octanol–water partition coefficient (Wildman–Crippen LogP) is 1.59. The third-order valence-corrected chi connectivity index (χ3v) is 5.54. The SMILES string of the molecule is [Cl][GeH]([Cl])[c]1ccccc1. The van der Waals surface area contributed by atoms with Gasteiger partial charge >= 0.3 is 67.2 Å². The molecule has 0 heterocycles. The molecule has 48 valence electrons. The van der Waals surface area contributed by atoms with Crippen molar-refractivity contribution in [3.63, 3.8) is 0 Å². The van der Waals surface area contributed by atoms with Crippen LogP contribution in [0.2, 0.25) is 0 Å². The Hall–Kier alpha value is 0.343. The number of rotatable bonds is 1. The van der Waals surface area contributed by atoms with Crippen molar-refractivity contribution >= 4 is 36.9 Å². The van der Waals surface area contributed by atoms with Gasteiger partial charge in [-0.05, 0) is 0 Å². The molecule has 0 nitrogen and oxygen atoms in total. The fraction of sp³-hybridized carbons (Fsp3) is 0. The summed E-state index contributed by atoms with van der Waals surface area (Å²) >= 11 is -2.00. The molecule has 0 amide bonds. The Morgan fingerprint density at radius 3 is 1.89 bits per heavy atom. The summed E-state index contributed by atoms with van der Waals surface area (Å²) in [6, 6.07) is 9.83. The van der Waals surface area contributed by atoms with Crippen molar-refractivity contribution in [3.8, 4) is 0 Å². The Balaban J connectivity index is 2.85. The van der Waals surface area contributed by atoms with E-state index in [-0.39, 0.29) is 0 Å². The minimum absolute atomic E-state index is 1.13. The standard InChI is InChI=1S/C6H6Cl2Ge/c7-9(8)6-4-2-1-3-5-6/h1-5,9H. The zero-order valence-corrected chi connectivity index (χ0v) is 8.65. The number of benzene rings is 1. The summed E-state index contributed by atoms with van der Waals surface area (Å²) in [5.74, 6) is 0. The van der Waals surface area contributed by atoms with Crippen molar-refractivity contribution in [2.75, 3.05) is 0 Å². The van der Waals surface area contributed by atoms with Crippen LogP contribution in [0.1, 0.15) is 0 Å². The predicted molar refractivity (Wildman–Crippen MR) is 44.9 cm³/mol. The molecule has 0 bridgehead atoms. The van der Waals surface area contributed by atoms with Gasteiger partial charge in [-0.3, -0.25) is 0 Å². The molecule has 1 rings (SSSR count).